The zero-order chi connectivity index (χ0) is 38.2. The van der Waals surface area contributed by atoms with Gasteiger partial charge in [0.05, 0.1) is 13.2 Å². The van der Waals surface area contributed by atoms with Crippen LogP contribution in [0.1, 0.15) is 226 Å². The summed E-state index contributed by atoms with van der Waals surface area (Å²) < 4.78 is 26.9. The third-order valence-corrected chi connectivity index (χ3v) is 10.8. The SMILES string of the molecule is CCCCCCCCCCCCCCCCCCCCCC(=O)OCC(O)COP(=O)(O)OCCNC(=O)CCCCCCCCCCCCCC. The van der Waals surface area contributed by atoms with E-state index in [0.717, 1.165) is 38.5 Å². The number of rotatable bonds is 42. The van der Waals surface area contributed by atoms with Gasteiger partial charge in [-0.05, 0) is 12.8 Å². The number of amides is 1. The van der Waals surface area contributed by atoms with E-state index < -0.39 is 26.5 Å². The van der Waals surface area contributed by atoms with E-state index in [2.05, 4.69) is 19.2 Å². The predicted octanol–water partition coefficient (Wildman–Crippen LogP) is 12.1. The zero-order valence-corrected chi connectivity index (χ0v) is 34.9. The lowest BCUT2D eigenvalue weighted by Crippen LogP contribution is -2.27. The molecule has 0 aromatic carbocycles. The fourth-order valence-corrected chi connectivity index (χ4v) is 7.20. The Hall–Kier alpha value is -0.990. The summed E-state index contributed by atoms with van der Waals surface area (Å²) in [4.78, 5) is 33.9. The fourth-order valence-electron chi connectivity index (χ4n) is 6.44. The normalized spacial score (nSPS) is 13.2. The van der Waals surface area contributed by atoms with Gasteiger partial charge in [0, 0.05) is 19.4 Å². The van der Waals surface area contributed by atoms with E-state index in [1.54, 1.807) is 0 Å². The molecule has 1 amide bonds. The van der Waals surface area contributed by atoms with Gasteiger partial charge in [-0.1, -0.05) is 200 Å². The van der Waals surface area contributed by atoms with Gasteiger partial charge in [-0.2, -0.15) is 0 Å². The third-order valence-electron chi connectivity index (χ3n) is 9.79. The van der Waals surface area contributed by atoms with Crippen LogP contribution in [0.5, 0.6) is 0 Å². The number of hydrogen-bond acceptors (Lipinski definition) is 7. The Kier molecular flexibility index (Phi) is 38.9. The maximum Gasteiger partial charge on any atom is 0.472 e. The van der Waals surface area contributed by atoms with Crippen molar-refractivity contribution in [2.24, 2.45) is 0 Å². The van der Waals surface area contributed by atoms with Crippen molar-refractivity contribution in [3.8, 4) is 0 Å². The quantitative estimate of drug-likeness (QED) is 0.0318. The molecule has 0 saturated heterocycles. The largest absolute Gasteiger partial charge is 0.472 e. The Labute approximate surface area is 320 Å². The Morgan fingerprint density at radius 2 is 0.865 bits per heavy atom. The average Bonchev–Trinajstić information content (AvgIpc) is 3.13. The Bertz CT molecular complexity index is 830. The molecule has 0 heterocycles. The van der Waals surface area contributed by atoms with Crippen molar-refractivity contribution < 1.29 is 37.9 Å². The van der Waals surface area contributed by atoms with Crippen LogP contribution < -0.4 is 5.32 Å². The number of aliphatic hydroxyl groups is 1. The van der Waals surface area contributed by atoms with E-state index in [-0.39, 0.29) is 25.7 Å². The highest BCUT2D eigenvalue weighted by molar-refractivity contribution is 7.47. The first-order chi connectivity index (χ1) is 25.3. The average molecular weight is 762 g/mol. The minimum atomic E-state index is -4.41. The molecule has 0 aliphatic rings. The summed E-state index contributed by atoms with van der Waals surface area (Å²) in [6.45, 7) is 3.59. The number of phosphoric acid groups is 1. The molecule has 0 aromatic rings. The third kappa shape index (κ3) is 40.2. The minimum Gasteiger partial charge on any atom is -0.463 e. The van der Waals surface area contributed by atoms with E-state index in [0.29, 0.717) is 12.8 Å². The molecule has 10 heteroatoms. The second kappa shape index (κ2) is 39.7. The highest BCUT2D eigenvalue weighted by atomic mass is 31.2. The lowest BCUT2D eigenvalue weighted by atomic mass is 10.0. The molecule has 0 aliphatic heterocycles. The Balaban J connectivity index is 3.54. The van der Waals surface area contributed by atoms with E-state index in [1.165, 1.54) is 161 Å². The molecule has 0 rings (SSSR count). The number of aliphatic hydroxyl groups excluding tert-OH is 1. The van der Waals surface area contributed by atoms with Crippen molar-refractivity contribution in [1.82, 2.24) is 5.32 Å². The number of carbonyl (C=O) groups is 2. The van der Waals surface area contributed by atoms with Gasteiger partial charge in [0.25, 0.3) is 0 Å². The highest BCUT2D eigenvalue weighted by Crippen LogP contribution is 2.42. The van der Waals surface area contributed by atoms with Crippen molar-refractivity contribution in [1.29, 1.82) is 0 Å². The van der Waals surface area contributed by atoms with Crippen LogP contribution in [-0.2, 0) is 27.9 Å². The first-order valence-electron chi connectivity index (χ1n) is 22.0. The molecule has 0 bridgehead atoms. The summed E-state index contributed by atoms with van der Waals surface area (Å²) in [6, 6.07) is 0. The van der Waals surface area contributed by atoms with E-state index in [4.69, 9.17) is 13.8 Å². The van der Waals surface area contributed by atoms with Gasteiger partial charge in [0.2, 0.25) is 5.91 Å². The molecular formula is C42H84NO8P. The number of esters is 1. The first kappa shape index (κ1) is 51.0. The molecule has 2 unspecified atom stereocenters. The van der Waals surface area contributed by atoms with Crippen molar-refractivity contribution >= 4 is 19.7 Å². The molecular weight excluding hydrogens is 677 g/mol. The fraction of sp³-hybridized carbons (Fsp3) is 0.952. The molecule has 9 nitrogen and oxygen atoms in total. The summed E-state index contributed by atoms with van der Waals surface area (Å²) in [7, 11) is -4.41. The molecule has 0 aromatic heterocycles. The van der Waals surface area contributed by atoms with Gasteiger partial charge in [-0.15, -0.1) is 0 Å². The summed E-state index contributed by atoms with van der Waals surface area (Å²) in [6.07, 6.45) is 38.9. The number of carbonyl (C=O) groups excluding carboxylic acids is 2. The zero-order valence-electron chi connectivity index (χ0n) is 34.0. The number of hydrogen-bond donors (Lipinski definition) is 3. The van der Waals surface area contributed by atoms with Gasteiger partial charge in [0.15, 0.2) is 0 Å². The monoisotopic (exact) mass is 762 g/mol. The molecule has 3 N–H and O–H groups in total. The second-order valence-electron chi connectivity index (χ2n) is 15.0. The molecule has 0 spiro atoms. The van der Waals surface area contributed by atoms with Gasteiger partial charge in [-0.3, -0.25) is 18.6 Å². The van der Waals surface area contributed by atoms with Gasteiger partial charge < -0.3 is 20.1 Å². The molecule has 310 valence electrons. The van der Waals surface area contributed by atoms with E-state index >= 15 is 0 Å². The van der Waals surface area contributed by atoms with E-state index in [9.17, 15) is 24.2 Å². The smallest absolute Gasteiger partial charge is 0.463 e. The number of phosphoric ester groups is 1. The molecule has 0 aliphatic carbocycles. The van der Waals surface area contributed by atoms with Crippen LogP contribution in [-0.4, -0.2) is 54.3 Å². The Morgan fingerprint density at radius 1 is 0.519 bits per heavy atom. The van der Waals surface area contributed by atoms with Crippen LogP contribution in [0.3, 0.4) is 0 Å². The summed E-state index contributed by atoms with van der Waals surface area (Å²) >= 11 is 0. The van der Waals surface area contributed by atoms with Crippen LogP contribution in [0, 0.1) is 0 Å². The molecule has 0 radical (unpaired) electrons. The van der Waals surface area contributed by atoms with Crippen molar-refractivity contribution in [2.75, 3.05) is 26.4 Å². The van der Waals surface area contributed by atoms with Crippen LogP contribution >= 0.6 is 7.82 Å². The minimum absolute atomic E-state index is 0.0879. The highest BCUT2D eigenvalue weighted by Gasteiger charge is 2.23. The topological polar surface area (TPSA) is 131 Å². The molecule has 52 heavy (non-hydrogen) atoms. The standard InChI is InChI=1S/C42H84NO8P/c1-3-5-7-9-11-13-15-17-18-19-20-21-22-23-25-27-29-31-33-35-42(46)49-38-40(44)39-51-52(47,48)50-37-36-43-41(45)34-32-30-28-26-24-16-14-12-10-8-6-4-2/h40,44H,3-39H2,1-2H3,(H,43,45)(H,47,48). The van der Waals surface area contributed by atoms with Gasteiger partial charge in [0.1, 0.15) is 12.7 Å². The summed E-state index contributed by atoms with van der Waals surface area (Å²) in [5.41, 5.74) is 0. The maximum atomic E-state index is 12.1. The molecule has 0 fully saturated rings. The second-order valence-corrected chi connectivity index (χ2v) is 16.5. The lowest BCUT2D eigenvalue weighted by Gasteiger charge is -2.15. The van der Waals surface area contributed by atoms with Crippen LogP contribution in [0.15, 0.2) is 0 Å². The molecule has 0 saturated carbocycles. The van der Waals surface area contributed by atoms with Crippen LogP contribution in [0.25, 0.3) is 0 Å². The van der Waals surface area contributed by atoms with Gasteiger partial charge >= 0.3 is 13.8 Å². The van der Waals surface area contributed by atoms with Crippen molar-refractivity contribution in [2.45, 2.75) is 232 Å². The van der Waals surface area contributed by atoms with Gasteiger partial charge in [-0.25, -0.2) is 4.57 Å². The number of unbranched alkanes of at least 4 members (excludes halogenated alkanes) is 29. The molecule has 2 atom stereocenters. The van der Waals surface area contributed by atoms with Crippen LogP contribution in [0.4, 0.5) is 0 Å². The maximum absolute atomic E-state index is 12.1. The summed E-state index contributed by atoms with van der Waals surface area (Å²) in [5.74, 6) is -0.504. The first-order valence-corrected chi connectivity index (χ1v) is 23.5. The Morgan fingerprint density at radius 3 is 1.25 bits per heavy atom. The number of nitrogens with one attached hydrogen (secondary N) is 1. The summed E-state index contributed by atoms with van der Waals surface area (Å²) in [5, 5.41) is 12.7. The van der Waals surface area contributed by atoms with Crippen molar-refractivity contribution in [3.05, 3.63) is 0 Å². The lowest BCUT2D eigenvalue weighted by molar-refractivity contribution is -0.147. The van der Waals surface area contributed by atoms with Crippen molar-refractivity contribution in [3.63, 3.8) is 0 Å². The van der Waals surface area contributed by atoms with E-state index in [1.807, 2.05) is 0 Å². The van der Waals surface area contributed by atoms with Crippen LogP contribution in [0.2, 0.25) is 0 Å². The number of ether oxygens (including phenoxy) is 1. The predicted molar refractivity (Wildman–Crippen MR) is 215 cm³/mol.